The molecule has 2 rings (SSSR count). The Hall–Kier alpha value is -2.17. The topological polar surface area (TPSA) is 49.8 Å². The minimum atomic E-state index is -0.231. The van der Waals surface area contributed by atoms with E-state index in [9.17, 15) is 4.39 Å². The average molecular weight is 288 g/mol. The van der Waals surface area contributed by atoms with Crippen LogP contribution in [0.4, 0.5) is 16.2 Å². The number of aromatic nitrogens is 2. The third kappa shape index (κ3) is 5.02. The summed E-state index contributed by atoms with van der Waals surface area (Å²) in [6, 6.07) is 8.31. The van der Waals surface area contributed by atoms with Gasteiger partial charge in [0.25, 0.3) is 0 Å². The van der Waals surface area contributed by atoms with Gasteiger partial charge in [-0.15, -0.1) is 0 Å². The number of aryl methyl sites for hydroxylation is 1. The van der Waals surface area contributed by atoms with Crippen molar-refractivity contribution in [3.8, 4) is 0 Å². The van der Waals surface area contributed by atoms with Gasteiger partial charge in [0.15, 0.2) is 0 Å². The molecular weight excluding hydrogens is 267 g/mol. The molecule has 5 heteroatoms. The van der Waals surface area contributed by atoms with Crippen LogP contribution in [0.3, 0.4) is 0 Å². The molecule has 0 atom stereocenters. The van der Waals surface area contributed by atoms with Crippen LogP contribution in [-0.2, 0) is 6.54 Å². The van der Waals surface area contributed by atoms with Crippen molar-refractivity contribution in [2.75, 3.05) is 17.2 Å². The van der Waals surface area contributed by atoms with E-state index in [1.54, 1.807) is 12.1 Å². The molecule has 0 saturated carbocycles. The molecule has 0 amide bonds. The van der Waals surface area contributed by atoms with Crippen molar-refractivity contribution in [2.24, 2.45) is 5.92 Å². The number of anilines is 2. The summed E-state index contributed by atoms with van der Waals surface area (Å²) in [6.45, 7) is 7.66. The standard InChI is InChI=1S/C16H21FN4/c1-11(2)9-18-15-8-12(3)20-16(21-15)19-10-13-4-6-14(17)7-5-13/h4-8,11H,9-10H2,1-3H3,(H2,18,19,20,21). The third-order valence-electron chi connectivity index (χ3n) is 2.91. The fraction of sp³-hybridized carbons (Fsp3) is 0.375. The Balaban J connectivity index is 2.00. The molecule has 0 unspecified atom stereocenters. The first-order valence-electron chi connectivity index (χ1n) is 7.11. The van der Waals surface area contributed by atoms with Crippen molar-refractivity contribution in [1.82, 2.24) is 9.97 Å². The Morgan fingerprint density at radius 2 is 1.81 bits per heavy atom. The van der Waals surface area contributed by atoms with Crippen LogP contribution in [0.1, 0.15) is 25.1 Å². The molecule has 0 aliphatic heterocycles. The predicted molar refractivity (Wildman–Crippen MR) is 83.8 cm³/mol. The van der Waals surface area contributed by atoms with Crippen LogP contribution in [0.2, 0.25) is 0 Å². The van der Waals surface area contributed by atoms with Crippen LogP contribution in [0.15, 0.2) is 30.3 Å². The quantitative estimate of drug-likeness (QED) is 0.852. The van der Waals surface area contributed by atoms with Crippen molar-refractivity contribution >= 4 is 11.8 Å². The van der Waals surface area contributed by atoms with Crippen LogP contribution >= 0.6 is 0 Å². The highest BCUT2D eigenvalue weighted by atomic mass is 19.1. The summed E-state index contributed by atoms with van der Waals surface area (Å²) in [5.74, 6) is 1.71. The van der Waals surface area contributed by atoms with Gasteiger partial charge in [-0.05, 0) is 30.5 Å². The minimum absolute atomic E-state index is 0.231. The number of nitrogens with one attached hydrogen (secondary N) is 2. The molecule has 1 heterocycles. The van der Waals surface area contributed by atoms with Crippen molar-refractivity contribution in [1.29, 1.82) is 0 Å². The molecule has 1 aromatic carbocycles. The fourth-order valence-corrected chi connectivity index (χ4v) is 1.83. The number of halogens is 1. The summed E-state index contributed by atoms with van der Waals surface area (Å²) in [5, 5.41) is 6.45. The summed E-state index contributed by atoms with van der Waals surface area (Å²) >= 11 is 0. The lowest BCUT2D eigenvalue weighted by molar-refractivity contribution is 0.627. The van der Waals surface area contributed by atoms with Gasteiger partial charge in [-0.1, -0.05) is 26.0 Å². The number of benzene rings is 1. The Morgan fingerprint density at radius 1 is 1.10 bits per heavy atom. The summed E-state index contributed by atoms with van der Waals surface area (Å²) in [7, 11) is 0. The van der Waals surface area contributed by atoms with E-state index in [0.717, 1.165) is 23.6 Å². The molecule has 4 nitrogen and oxygen atoms in total. The molecule has 0 aliphatic carbocycles. The molecule has 21 heavy (non-hydrogen) atoms. The van der Waals surface area contributed by atoms with E-state index in [-0.39, 0.29) is 5.82 Å². The fourth-order valence-electron chi connectivity index (χ4n) is 1.83. The number of nitrogens with zero attached hydrogens (tertiary/aromatic N) is 2. The lowest BCUT2D eigenvalue weighted by Crippen LogP contribution is -2.11. The van der Waals surface area contributed by atoms with Gasteiger partial charge in [0.05, 0.1) is 0 Å². The summed E-state index contributed by atoms with van der Waals surface area (Å²) < 4.78 is 12.9. The molecule has 112 valence electrons. The Bertz CT molecular complexity index is 581. The molecular formula is C16H21FN4. The molecule has 0 bridgehead atoms. The van der Waals surface area contributed by atoms with Crippen molar-refractivity contribution in [3.05, 3.63) is 47.4 Å². The first-order chi connectivity index (χ1) is 10.0. The van der Waals surface area contributed by atoms with Gasteiger partial charge in [-0.2, -0.15) is 4.98 Å². The first kappa shape index (κ1) is 15.2. The maximum Gasteiger partial charge on any atom is 0.225 e. The largest absolute Gasteiger partial charge is 0.370 e. The molecule has 1 aromatic heterocycles. The van der Waals surface area contributed by atoms with Gasteiger partial charge >= 0.3 is 0 Å². The number of rotatable bonds is 6. The lowest BCUT2D eigenvalue weighted by Gasteiger charge is -2.11. The number of hydrogen-bond acceptors (Lipinski definition) is 4. The Kier molecular flexibility index (Phi) is 5.09. The molecule has 0 radical (unpaired) electrons. The summed E-state index contributed by atoms with van der Waals surface area (Å²) in [6.07, 6.45) is 0. The lowest BCUT2D eigenvalue weighted by atomic mass is 10.2. The zero-order chi connectivity index (χ0) is 15.2. The molecule has 0 fully saturated rings. The van der Waals surface area contributed by atoms with Crippen molar-refractivity contribution in [2.45, 2.75) is 27.3 Å². The van der Waals surface area contributed by atoms with Crippen LogP contribution in [0.25, 0.3) is 0 Å². The van der Waals surface area contributed by atoms with E-state index in [4.69, 9.17) is 0 Å². The van der Waals surface area contributed by atoms with Crippen LogP contribution < -0.4 is 10.6 Å². The second-order valence-corrected chi connectivity index (χ2v) is 5.47. The maximum absolute atomic E-state index is 12.9. The van der Waals surface area contributed by atoms with Gasteiger partial charge in [-0.3, -0.25) is 0 Å². The predicted octanol–water partition coefficient (Wildman–Crippen LogP) is 3.60. The first-order valence-corrected chi connectivity index (χ1v) is 7.11. The zero-order valence-corrected chi connectivity index (χ0v) is 12.7. The van der Waals surface area contributed by atoms with E-state index in [1.807, 2.05) is 13.0 Å². The van der Waals surface area contributed by atoms with Crippen molar-refractivity contribution in [3.63, 3.8) is 0 Å². The SMILES string of the molecule is Cc1cc(NCC(C)C)nc(NCc2ccc(F)cc2)n1. The normalized spacial score (nSPS) is 10.7. The van der Waals surface area contributed by atoms with E-state index in [2.05, 4.69) is 34.4 Å². The highest BCUT2D eigenvalue weighted by molar-refractivity contribution is 5.42. The van der Waals surface area contributed by atoms with E-state index in [0.29, 0.717) is 18.4 Å². The van der Waals surface area contributed by atoms with Gasteiger partial charge in [0, 0.05) is 24.8 Å². The van der Waals surface area contributed by atoms with Crippen LogP contribution in [0.5, 0.6) is 0 Å². The third-order valence-corrected chi connectivity index (χ3v) is 2.91. The zero-order valence-electron chi connectivity index (χ0n) is 12.7. The van der Waals surface area contributed by atoms with Gasteiger partial charge in [0.1, 0.15) is 11.6 Å². The highest BCUT2D eigenvalue weighted by Crippen LogP contribution is 2.12. The van der Waals surface area contributed by atoms with Crippen LogP contribution in [0, 0.1) is 18.7 Å². The Labute approximate surface area is 124 Å². The van der Waals surface area contributed by atoms with E-state index in [1.165, 1.54) is 12.1 Å². The minimum Gasteiger partial charge on any atom is -0.370 e. The molecule has 0 saturated heterocycles. The molecule has 0 aliphatic rings. The molecule has 2 N–H and O–H groups in total. The Morgan fingerprint density at radius 3 is 2.48 bits per heavy atom. The van der Waals surface area contributed by atoms with E-state index < -0.39 is 0 Å². The van der Waals surface area contributed by atoms with Gasteiger partial charge in [-0.25, -0.2) is 9.37 Å². The van der Waals surface area contributed by atoms with E-state index >= 15 is 0 Å². The smallest absolute Gasteiger partial charge is 0.225 e. The second kappa shape index (κ2) is 7.02. The maximum atomic E-state index is 12.9. The second-order valence-electron chi connectivity index (χ2n) is 5.47. The summed E-state index contributed by atoms with van der Waals surface area (Å²) in [4.78, 5) is 8.79. The molecule has 0 spiro atoms. The van der Waals surface area contributed by atoms with Crippen LogP contribution in [-0.4, -0.2) is 16.5 Å². The highest BCUT2D eigenvalue weighted by Gasteiger charge is 2.03. The summed E-state index contributed by atoms with van der Waals surface area (Å²) in [5.41, 5.74) is 1.89. The van der Waals surface area contributed by atoms with Crippen molar-refractivity contribution < 1.29 is 4.39 Å². The van der Waals surface area contributed by atoms with Gasteiger partial charge < -0.3 is 10.6 Å². The van der Waals surface area contributed by atoms with Gasteiger partial charge in [0.2, 0.25) is 5.95 Å². The molecule has 2 aromatic rings. The number of hydrogen-bond donors (Lipinski definition) is 2. The average Bonchev–Trinajstić information content (AvgIpc) is 2.44. The monoisotopic (exact) mass is 288 g/mol.